The molecule has 94 valence electrons. The minimum absolute atomic E-state index is 0.757. The number of hydrogen-bond donors (Lipinski definition) is 1. The molecule has 0 atom stereocenters. The molecule has 0 radical (unpaired) electrons. The second kappa shape index (κ2) is 4.57. The zero-order valence-corrected chi connectivity index (χ0v) is 10.6. The first-order valence-corrected chi connectivity index (χ1v) is 6.07. The van der Waals surface area contributed by atoms with E-state index in [2.05, 4.69) is 10.2 Å². The second-order valence-electron chi connectivity index (χ2n) is 4.43. The number of aromatic nitrogens is 3. The largest absolute Gasteiger partial charge is 0.399 e. The number of hydrogen-bond acceptors (Lipinski definition) is 3. The summed E-state index contributed by atoms with van der Waals surface area (Å²) < 4.78 is 1.97. The van der Waals surface area contributed by atoms with Crippen LogP contribution in [0.2, 0.25) is 0 Å². The van der Waals surface area contributed by atoms with E-state index in [9.17, 15) is 0 Å². The van der Waals surface area contributed by atoms with Gasteiger partial charge in [0.1, 0.15) is 6.33 Å². The average molecular weight is 250 g/mol. The van der Waals surface area contributed by atoms with Gasteiger partial charge in [0.2, 0.25) is 0 Å². The van der Waals surface area contributed by atoms with Crippen LogP contribution in [-0.2, 0) is 0 Å². The first kappa shape index (κ1) is 11.5. The molecule has 3 aromatic rings. The third-order valence-electron chi connectivity index (χ3n) is 3.07. The van der Waals surface area contributed by atoms with Crippen LogP contribution < -0.4 is 5.73 Å². The summed E-state index contributed by atoms with van der Waals surface area (Å²) in [6, 6.07) is 15.8. The van der Waals surface area contributed by atoms with Gasteiger partial charge in [0.05, 0.1) is 0 Å². The van der Waals surface area contributed by atoms with Gasteiger partial charge in [0, 0.05) is 16.9 Å². The molecule has 2 aromatic carbocycles. The molecular weight excluding hydrogens is 236 g/mol. The standard InChI is InChI=1S/C15H14N4/c1-11-9-12(16)7-8-14(11)15-18-17-10-19(15)13-5-3-2-4-6-13/h2-10H,16H2,1H3. The highest BCUT2D eigenvalue weighted by Crippen LogP contribution is 2.25. The van der Waals surface area contributed by atoms with Crippen LogP contribution in [0.15, 0.2) is 54.9 Å². The molecular formula is C15H14N4. The van der Waals surface area contributed by atoms with E-state index in [-0.39, 0.29) is 0 Å². The molecule has 0 saturated carbocycles. The lowest BCUT2D eigenvalue weighted by atomic mass is 10.1. The fourth-order valence-electron chi connectivity index (χ4n) is 2.13. The Balaban J connectivity index is 2.15. The SMILES string of the molecule is Cc1cc(N)ccc1-c1nncn1-c1ccccc1. The van der Waals surface area contributed by atoms with Crippen molar-refractivity contribution in [1.29, 1.82) is 0 Å². The summed E-state index contributed by atoms with van der Waals surface area (Å²) in [6.07, 6.45) is 1.72. The molecule has 19 heavy (non-hydrogen) atoms. The van der Waals surface area contributed by atoms with Crippen molar-refractivity contribution in [2.45, 2.75) is 6.92 Å². The number of benzene rings is 2. The van der Waals surface area contributed by atoms with Crippen LogP contribution in [0.4, 0.5) is 5.69 Å². The van der Waals surface area contributed by atoms with Crippen LogP contribution >= 0.6 is 0 Å². The Kier molecular flexibility index (Phi) is 2.76. The van der Waals surface area contributed by atoms with E-state index < -0.39 is 0 Å². The predicted octanol–water partition coefficient (Wildman–Crippen LogP) is 2.82. The van der Waals surface area contributed by atoms with Gasteiger partial charge in [-0.15, -0.1) is 10.2 Å². The van der Waals surface area contributed by atoms with Crippen molar-refractivity contribution in [2.24, 2.45) is 0 Å². The van der Waals surface area contributed by atoms with Gasteiger partial charge in [-0.2, -0.15) is 0 Å². The third-order valence-corrected chi connectivity index (χ3v) is 3.07. The molecule has 0 saturated heterocycles. The van der Waals surface area contributed by atoms with Gasteiger partial charge in [-0.1, -0.05) is 18.2 Å². The minimum atomic E-state index is 0.757. The van der Waals surface area contributed by atoms with E-state index in [4.69, 9.17) is 5.73 Å². The Morgan fingerprint density at radius 3 is 2.58 bits per heavy atom. The molecule has 0 spiro atoms. The van der Waals surface area contributed by atoms with Gasteiger partial charge in [0.25, 0.3) is 0 Å². The monoisotopic (exact) mass is 250 g/mol. The van der Waals surface area contributed by atoms with E-state index in [1.807, 2.05) is 60.0 Å². The summed E-state index contributed by atoms with van der Waals surface area (Å²) in [7, 11) is 0. The van der Waals surface area contributed by atoms with Crippen LogP contribution in [-0.4, -0.2) is 14.8 Å². The Morgan fingerprint density at radius 2 is 1.84 bits per heavy atom. The molecule has 4 nitrogen and oxygen atoms in total. The molecule has 0 fully saturated rings. The summed E-state index contributed by atoms with van der Waals surface area (Å²) in [5, 5.41) is 8.25. The lowest BCUT2D eigenvalue weighted by Gasteiger charge is -2.09. The Bertz CT molecular complexity index is 701. The molecule has 1 aromatic heterocycles. The van der Waals surface area contributed by atoms with Crippen molar-refractivity contribution in [3.05, 3.63) is 60.4 Å². The fourth-order valence-corrected chi connectivity index (χ4v) is 2.13. The number of anilines is 1. The van der Waals surface area contributed by atoms with Crippen molar-refractivity contribution in [3.63, 3.8) is 0 Å². The molecule has 0 bridgehead atoms. The predicted molar refractivity (Wildman–Crippen MR) is 75.9 cm³/mol. The van der Waals surface area contributed by atoms with Crippen LogP contribution in [0.25, 0.3) is 17.1 Å². The van der Waals surface area contributed by atoms with Crippen LogP contribution in [0.3, 0.4) is 0 Å². The van der Waals surface area contributed by atoms with Gasteiger partial charge in [-0.3, -0.25) is 4.57 Å². The van der Waals surface area contributed by atoms with Crippen molar-refractivity contribution in [1.82, 2.24) is 14.8 Å². The van der Waals surface area contributed by atoms with E-state index in [1.54, 1.807) is 6.33 Å². The third kappa shape index (κ3) is 2.08. The number of nitrogen functional groups attached to an aromatic ring is 1. The Hall–Kier alpha value is -2.62. The number of para-hydroxylation sites is 1. The smallest absolute Gasteiger partial charge is 0.168 e. The second-order valence-corrected chi connectivity index (χ2v) is 4.43. The van der Waals surface area contributed by atoms with Crippen molar-refractivity contribution in [3.8, 4) is 17.1 Å². The first-order valence-electron chi connectivity index (χ1n) is 6.07. The zero-order chi connectivity index (χ0) is 13.2. The maximum atomic E-state index is 5.79. The maximum absolute atomic E-state index is 5.79. The topological polar surface area (TPSA) is 56.7 Å². The highest BCUT2D eigenvalue weighted by Gasteiger charge is 2.11. The quantitative estimate of drug-likeness (QED) is 0.711. The van der Waals surface area contributed by atoms with Crippen LogP contribution in [0.1, 0.15) is 5.56 Å². The van der Waals surface area contributed by atoms with Gasteiger partial charge in [-0.05, 0) is 42.8 Å². The van der Waals surface area contributed by atoms with Crippen molar-refractivity contribution in [2.75, 3.05) is 5.73 Å². The average Bonchev–Trinajstić information content (AvgIpc) is 2.89. The molecule has 1 heterocycles. The Morgan fingerprint density at radius 1 is 1.05 bits per heavy atom. The lowest BCUT2D eigenvalue weighted by molar-refractivity contribution is 1.06. The van der Waals surface area contributed by atoms with Crippen molar-refractivity contribution < 1.29 is 0 Å². The molecule has 0 amide bonds. The summed E-state index contributed by atoms with van der Waals surface area (Å²) in [5.41, 5.74) is 9.71. The van der Waals surface area contributed by atoms with Crippen molar-refractivity contribution >= 4 is 5.69 Å². The number of aryl methyl sites for hydroxylation is 1. The zero-order valence-electron chi connectivity index (χ0n) is 10.6. The highest BCUT2D eigenvalue weighted by molar-refractivity contribution is 5.65. The van der Waals surface area contributed by atoms with Crippen LogP contribution in [0.5, 0.6) is 0 Å². The van der Waals surface area contributed by atoms with E-state index in [1.165, 1.54) is 0 Å². The molecule has 0 aliphatic heterocycles. The van der Waals surface area contributed by atoms with Gasteiger partial charge >= 0.3 is 0 Å². The molecule has 0 aliphatic carbocycles. The minimum Gasteiger partial charge on any atom is -0.399 e. The molecule has 0 unspecified atom stereocenters. The van der Waals surface area contributed by atoms with Crippen LogP contribution in [0, 0.1) is 6.92 Å². The summed E-state index contributed by atoms with van der Waals surface area (Å²) >= 11 is 0. The summed E-state index contributed by atoms with van der Waals surface area (Å²) in [4.78, 5) is 0. The Labute approximate surface area is 111 Å². The van der Waals surface area contributed by atoms with E-state index in [0.717, 1.165) is 28.3 Å². The lowest BCUT2D eigenvalue weighted by Crippen LogP contribution is -1.98. The highest BCUT2D eigenvalue weighted by atomic mass is 15.3. The van der Waals surface area contributed by atoms with E-state index in [0.29, 0.717) is 0 Å². The van der Waals surface area contributed by atoms with Gasteiger partial charge < -0.3 is 5.73 Å². The molecule has 0 aliphatic rings. The molecule has 2 N–H and O–H groups in total. The summed E-state index contributed by atoms with van der Waals surface area (Å²) in [6.45, 7) is 2.02. The van der Waals surface area contributed by atoms with E-state index >= 15 is 0 Å². The molecule has 4 heteroatoms. The fraction of sp³-hybridized carbons (Fsp3) is 0.0667. The molecule has 3 rings (SSSR count). The normalized spacial score (nSPS) is 10.6. The number of nitrogens with zero attached hydrogens (tertiary/aromatic N) is 3. The number of rotatable bonds is 2. The number of nitrogens with two attached hydrogens (primary N) is 1. The summed E-state index contributed by atoms with van der Waals surface area (Å²) in [5.74, 6) is 0.823. The van der Waals surface area contributed by atoms with Gasteiger partial charge in [-0.25, -0.2) is 0 Å². The first-order chi connectivity index (χ1) is 9.25. The van der Waals surface area contributed by atoms with Gasteiger partial charge in [0.15, 0.2) is 5.82 Å². The maximum Gasteiger partial charge on any atom is 0.168 e.